The summed E-state index contributed by atoms with van der Waals surface area (Å²) >= 11 is 0. The van der Waals surface area contributed by atoms with Crippen LogP contribution in [0.2, 0.25) is 0 Å². The molecule has 1 fully saturated rings. The van der Waals surface area contributed by atoms with Crippen molar-refractivity contribution in [1.29, 1.82) is 0 Å². The molecule has 0 aliphatic heterocycles. The molecule has 0 amide bonds. The predicted octanol–water partition coefficient (Wildman–Crippen LogP) is 3.59. The van der Waals surface area contributed by atoms with Gasteiger partial charge in [-0.15, -0.1) is 0 Å². The highest BCUT2D eigenvalue weighted by Gasteiger charge is 2.51. The van der Waals surface area contributed by atoms with E-state index < -0.39 is 0 Å². The van der Waals surface area contributed by atoms with Crippen molar-refractivity contribution in [2.45, 2.75) is 47.0 Å². The molecule has 0 heterocycles. The van der Waals surface area contributed by atoms with Gasteiger partial charge in [-0.2, -0.15) is 0 Å². The maximum Gasteiger partial charge on any atom is 0.120 e. The van der Waals surface area contributed by atoms with E-state index in [9.17, 15) is 4.79 Å². The van der Waals surface area contributed by atoms with E-state index in [0.29, 0.717) is 17.8 Å². The van der Waals surface area contributed by atoms with Gasteiger partial charge in [0.25, 0.3) is 0 Å². The summed E-state index contributed by atoms with van der Waals surface area (Å²) in [5.74, 6) is 1.43. The summed E-state index contributed by atoms with van der Waals surface area (Å²) in [6.45, 7) is 9.19. The first-order chi connectivity index (χ1) is 6.89. The molecule has 15 heavy (non-hydrogen) atoms. The average molecular weight is 206 g/mol. The van der Waals surface area contributed by atoms with Gasteiger partial charge in [-0.25, -0.2) is 0 Å². The van der Waals surface area contributed by atoms with Crippen LogP contribution in [0.4, 0.5) is 0 Å². The Kier molecular flexibility index (Phi) is 2.33. The smallest absolute Gasteiger partial charge is 0.120 e. The highest BCUT2D eigenvalue weighted by molar-refractivity contribution is 5.53. The first-order valence-corrected chi connectivity index (χ1v) is 6.02. The Hall–Kier alpha value is -0.590. The molecule has 0 aromatic carbocycles. The van der Waals surface area contributed by atoms with Crippen LogP contribution in [0.15, 0.2) is 11.6 Å². The van der Waals surface area contributed by atoms with Gasteiger partial charge in [-0.1, -0.05) is 32.4 Å². The quantitative estimate of drug-likeness (QED) is 0.498. The maximum absolute atomic E-state index is 10.8. The average Bonchev–Trinajstić information content (AvgIpc) is 2.50. The third-order valence-electron chi connectivity index (χ3n) is 4.77. The summed E-state index contributed by atoms with van der Waals surface area (Å²) in [5, 5.41) is 0. The minimum atomic E-state index is 0.153. The molecule has 0 saturated heterocycles. The SMILES string of the molecule is CC1=C[C@@H]2CC(C)(C)C[C@@H]2[C@@]1(C)CC=O. The van der Waals surface area contributed by atoms with Gasteiger partial charge in [-0.3, -0.25) is 0 Å². The van der Waals surface area contributed by atoms with E-state index in [1.54, 1.807) is 0 Å². The molecule has 0 spiro atoms. The number of hydrogen-bond donors (Lipinski definition) is 0. The molecule has 1 saturated carbocycles. The molecular formula is C14H22O. The normalized spacial score (nSPS) is 42.5. The topological polar surface area (TPSA) is 17.1 Å². The predicted molar refractivity (Wildman–Crippen MR) is 62.5 cm³/mol. The van der Waals surface area contributed by atoms with Gasteiger partial charge < -0.3 is 4.79 Å². The summed E-state index contributed by atoms with van der Waals surface area (Å²) in [6, 6.07) is 0. The van der Waals surface area contributed by atoms with Gasteiger partial charge >= 0.3 is 0 Å². The number of hydrogen-bond acceptors (Lipinski definition) is 1. The Morgan fingerprint density at radius 2 is 2.07 bits per heavy atom. The Morgan fingerprint density at radius 1 is 1.40 bits per heavy atom. The first-order valence-electron chi connectivity index (χ1n) is 6.02. The minimum absolute atomic E-state index is 0.153. The number of carbonyl (C=O) groups is 1. The highest BCUT2D eigenvalue weighted by Crippen LogP contribution is 2.60. The second-order valence-electron chi connectivity index (χ2n) is 6.48. The summed E-state index contributed by atoms with van der Waals surface area (Å²) in [7, 11) is 0. The molecular weight excluding hydrogens is 184 g/mol. The van der Waals surface area contributed by atoms with Crippen LogP contribution in [-0.2, 0) is 4.79 Å². The molecule has 0 N–H and O–H groups in total. The van der Waals surface area contributed by atoms with E-state index in [-0.39, 0.29) is 5.41 Å². The van der Waals surface area contributed by atoms with Crippen LogP contribution >= 0.6 is 0 Å². The second-order valence-corrected chi connectivity index (χ2v) is 6.48. The first kappa shape index (κ1) is 10.9. The Balaban J connectivity index is 2.28. The van der Waals surface area contributed by atoms with Crippen molar-refractivity contribution in [2.24, 2.45) is 22.7 Å². The molecule has 84 valence electrons. The van der Waals surface area contributed by atoms with Crippen LogP contribution in [-0.4, -0.2) is 6.29 Å². The molecule has 3 atom stereocenters. The van der Waals surface area contributed by atoms with Crippen molar-refractivity contribution in [2.75, 3.05) is 0 Å². The highest BCUT2D eigenvalue weighted by atomic mass is 16.1. The van der Waals surface area contributed by atoms with E-state index in [4.69, 9.17) is 0 Å². The zero-order chi connectivity index (χ0) is 11.3. The fraction of sp³-hybridized carbons (Fsp3) is 0.786. The Labute approximate surface area is 92.9 Å². The molecule has 0 bridgehead atoms. The molecule has 0 aromatic rings. The van der Waals surface area contributed by atoms with E-state index in [1.807, 2.05) is 0 Å². The van der Waals surface area contributed by atoms with Gasteiger partial charge in [-0.05, 0) is 42.4 Å². The zero-order valence-electron chi connectivity index (χ0n) is 10.3. The van der Waals surface area contributed by atoms with E-state index >= 15 is 0 Å². The Morgan fingerprint density at radius 3 is 2.67 bits per heavy atom. The van der Waals surface area contributed by atoms with Crippen LogP contribution in [0.5, 0.6) is 0 Å². The van der Waals surface area contributed by atoms with Crippen LogP contribution in [0, 0.1) is 22.7 Å². The van der Waals surface area contributed by atoms with Crippen molar-refractivity contribution in [1.82, 2.24) is 0 Å². The van der Waals surface area contributed by atoms with E-state index in [2.05, 4.69) is 33.8 Å². The van der Waals surface area contributed by atoms with Crippen LogP contribution in [0.25, 0.3) is 0 Å². The fourth-order valence-corrected chi connectivity index (χ4v) is 3.77. The number of carbonyl (C=O) groups excluding carboxylic acids is 1. The fourth-order valence-electron chi connectivity index (χ4n) is 3.77. The number of aldehydes is 1. The van der Waals surface area contributed by atoms with Crippen molar-refractivity contribution in [3.05, 3.63) is 11.6 Å². The standard InChI is InChI=1S/C14H22O/c1-10-7-11-8-13(2,3)9-12(11)14(10,4)5-6-15/h6-7,11-12H,5,8-9H2,1-4H3/t11-,12+,14+/m1/s1. The van der Waals surface area contributed by atoms with Crippen molar-refractivity contribution in [3.63, 3.8) is 0 Å². The second kappa shape index (κ2) is 3.20. The van der Waals surface area contributed by atoms with Crippen molar-refractivity contribution < 1.29 is 4.79 Å². The molecule has 0 unspecified atom stereocenters. The zero-order valence-corrected chi connectivity index (χ0v) is 10.3. The monoisotopic (exact) mass is 206 g/mol. The molecule has 2 rings (SSSR count). The number of rotatable bonds is 2. The van der Waals surface area contributed by atoms with E-state index in [1.165, 1.54) is 18.4 Å². The molecule has 1 nitrogen and oxygen atoms in total. The molecule has 2 aliphatic carbocycles. The van der Waals surface area contributed by atoms with Crippen molar-refractivity contribution >= 4 is 6.29 Å². The third kappa shape index (κ3) is 1.56. The lowest BCUT2D eigenvalue weighted by molar-refractivity contribution is -0.109. The molecule has 0 radical (unpaired) electrons. The number of fused-ring (bicyclic) bond motifs is 1. The number of allylic oxidation sites excluding steroid dienone is 2. The van der Waals surface area contributed by atoms with Gasteiger partial charge in [0.2, 0.25) is 0 Å². The van der Waals surface area contributed by atoms with Gasteiger partial charge in [0.15, 0.2) is 0 Å². The minimum Gasteiger partial charge on any atom is -0.303 e. The lowest BCUT2D eigenvalue weighted by Crippen LogP contribution is -2.26. The van der Waals surface area contributed by atoms with Crippen LogP contribution < -0.4 is 0 Å². The van der Waals surface area contributed by atoms with Gasteiger partial charge in [0.1, 0.15) is 6.29 Å². The van der Waals surface area contributed by atoms with Gasteiger partial charge in [0.05, 0.1) is 0 Å². The van der Waals surface area contributed by atoms with Crippen LogP contribution in [0.1, 0.15) is 47.0 Å². The third-order valence-corrected chi connectivity index (χ3v) is 4.77. The summed E-state index contributed by atoms with van der Waals surface area (Å²) in [6.07, 6.45) is 6.81. The van der Waals surface area contributed by atoms with Crippen molar-refractivity contribution in [3.8, 4) is 0 Å². The molecule has 1 heteroatoms. The molecule has 0 aromatic heterocycles. The van der Waals surface area contributed by atoms with Crippen LogP contribution in [0.3, 0.4) is 0 Å². The maximum atomic E-state index is 10.8. The largest absolute Gasteiger partial charge is 0.303 e. The summed E-state index contributed by atoms with van der Waals surface area (Å²) < 4.78 is 0. The molecule has 2 aliphatic rings. The lowest BCUT2D eigenvalue weighted by Gasteiger charge is -2.33. The summed E-state index contributed by atoms with van der Waals surface area (Å²) in [4.78, 5) is 10.8. The van der Waals surface area contributed by atoms with Gasteiger partial charge in [0, 0.05) is 6.42 Å². The summed E-state index contributed by atoms with van der Waals surface area (Å²) in [5.41, 5.74) is 2.07. The lowest BCUT2D eigenvalue weighted by atomic mass is 9.71. The van der Waals surface area contributed by atoms with E-state index in [0.717, 1.165) is 12.2 Å². The Bertz CT molecular complexity index is 313.